The van der Waals surface area contributed by atoms with Crippen LogP contribution in [0.2, 0.25) is 0 Å². The third kappa shape index (κ3) is 4.02. The number of nitrogens with zero attached hydrogens (tertiary/aromatic N) is 5. The molecule has 0 saturated heterocycles. The van der Waals surface area contributed by atoms with E-state index < -0.39 is 0 Å². The van der Waals surface area contributed by atoms with Crippen LogP contribution in [0, 0.1) is 10.1 Å². The Kier molecular flexibility index (Phi) is 5.35. The van der Waals surface area contributed by atoms with Crippen molar-refractivity contribution in [3.8, 4) is 17.1 Å². The smallest absolute Gasteiger partial charge is 0.269 e. The molecule has 0 aliphatic carbocycles. The van der Waals surface area contributed by atoms with E-state index in [0.29, 0.717) is 11.0 Å². The van der Waals surface area contributed by atoms with Crippen LogP contribution in [0.1, 0.15) is 17.7 Å². The van der Waals surface area contributed by atoms with E-state index in [4.69, 9.17) is 0 Å². The molecule has 1 atom stereocenters. The topological polar surface area (TPSA) is 86.7 Å². The predicted octanol–water partition coefficient (Wildman–Crippen LogP) is 5.09. The van der Waals surface area contributed by atoms with Crippen molar-refractivity contribution < 1.29 is 4.92 Å². The zero-order valence-electron chi connectivity index (χ0n) is 15.5. The minimum Gasteiger partial charge on any atom is -0.270 e. The van der Waals surface area contributed by atoms with E-state index in [9.17, 15) is 10.1 Å². The van der Waals surface area contributed by atoms with Crippen molar-refractivity contribution >= 4 is 17.4 Å². The van der Waals surface area contributed by atoms with Crippen LogP contribution in [0.25, 0.3) is 17.1 Å². The molecule has 144 valence electrons. The number of para-hydroxylation sites is 1. The SMILES string of the molecule is CC(Sc1nnc(-c2ccncc2)n1-c1ccccc1)c1cccc([N+](=O)[O-])c1. The predicted molar refractivity (Wildman–Crippen MR) is 112 cm³/mol. The zero-order chi connectivity index (χ0) is 20.2. The van der Waals surface area contributed by atoms with E-state index in [1.807, 2.05) is 60.0 Å². The fourth-order valence-corrected chi connectivity index (χ4v) is 3.95. The number of rotatable bonds is 6. The van der Waals surface area contributed by atoms with E-state index >= 15 is 0 Å². The lowest BCUT2D eigenvalue weighted by Crippen LogP contribution is -2.01. The third-order valence-electron chi connectivity index (χ3n) is 4.42. The summed E-state index contributed by atoms with van der Waals surface area (Å²) >= 11 is 1.51. The molecule has 0 saturated carbocycles. The van der Waals surface area contributed by atoms with Crippen LogP contribution in [0.3, 0.4) is 0 Å². The Morgan fingerprint density at radius 3 is 2.48 bits per heavy atom. The lowest BCUT2D eigenvalue weighted by Gasteiger charge is -2.14. The molecule has 0 radical (unpaired) electrons. The second-order valence-corrected chi connectivity index (χ2v) is 7.63. The van der Waals surface area contributed by atoms with Crippen molar-refractivity contribution in [3.05, 3.63) is 94.8 Å². The minimum atomic E-state index is -0.380. The maximum absolute atomic E-state index is 11.1. The van der Waals surface area contributed by atoms with Crippen molar-refractivity contribution in [1.29, 1.82) is 0 Å². The van der Waals surface area contributed by atoms with Gasteiger partial charge in [-0.25, -0.2) is 0 Å². The van der Waals surface area contributed by atoms with Crippen LogP contribution in [0.5, 0.6) is 0 Å². The molecule has 7 nitrogen and oxygen atoms in total. The molecular weight excluding hydrogens is 386 g/mol. The monoisotopic (exact) mass is 403 g/mol. The number of pyridine rings is 1. The molecule has 4 aromatic rings. The molecule has 2 aromatic heterocycles. The number of nitro groups is 1. The summed E-state index contributed by atoms with van der Waals surface area (Å²) in [6, 6.07) is 20.3. The van der Waals surface area contributed by atoms with Gasteiger partial charge in [-0.2, -0.15) is 0 Å². The van der Waals surface area contributed by atoms with Gasteiger partial charge in [0.05, 0.1) is 4.92 Å². The van der Waals surface area contributed by atoms with Gasteiger partial charge in [0.25, 0.3) is 5.69 Å². The van der Waals surface area contributed by atoms with Gasteiger partial charge in [0.2, 0.25) is 0 Å². The molecular formula is C21H17N5O2S. The number of hydrogen-bond donors (Lipinski definition) is 0. The lowest BCUT2D eigenvalue weighted by molar-refractivity contribution is -0.384. The van der Waals surface area contributed by atoms with Gasteiger partial charge in [0.1, 0.15) is 0 Å². The number of non-ortho nitro benzene ring substituents is 1. The maximum atomic E-state index is 11.1. The van der Waals surface area contributed by atoms with Crippen molar-refractivity contribution in [2.75, 3.05) is 0 Å². The standard InChI is InChI=1S/C21H17N5O2S/c1-15(17-6-5-9-19(14-17)26(27)28)29-21-24-23-20(16-10-12-22-13-11-16)25(21)18-7-3-2-4-8-18/h2-15H,1H3. The summed E-state index contributed by atoms with van der Waals surface area (Å²) in [7, 11) is 0. The molecule has 29 heavy (non-hydrogen) atoms. The van der Waals surface area contributed by atoms with Crippen molar-refractivity contribution in [3.63, 3.8) is 0 Å². The summed E-state index contributed by atoms with van der Waals surface area (Å²) in [5, 5.41) is 20.6. The summed E-state index contributed by atoms with van der Waals surface area (Å²) in [5.74, 6) is 0.715. The van der Waals surface area contributed by atoms with E-state index in [1.165, 1.54) is 17.8 Å². The van der Waals surface area contributed by atoms with Crippen LogP contribution in [0.15, 0.2) is 84.3 Å². The second-order valence-electron chi connectivity index (χ2n) is 6.33. The first-order chi connectivity index (χ1) is 14.1. The quantitative estimate of drug-likeness (QED) is 0.253. The average Bonchev–Trinajstić information content (AvgIpc) is 3.18. The summed E-state index contributed by atoms with van der Waals surface area (Å²) in [6.45, 7) is 2.00. The molecule has 2 heterocycles. The Labute approximate surface area is 171 Å². The van der Waals surface area contributed by atoms with Crippen molar-refractivity contribution in [2.24, 2.45) is 0 Å². The number of thioether (sulfide) groups is 1. The second kappa shape index (κ2) is 8.24. The molecule has 0 fully saturated rings. The fraction of sp³-hybridized carbons (Fsp3) is 0.0952. The Bertz CT molecular complexity index is 1130. The average molecular weight is 403 g/mol. The Hall–Kier alpha value is -3.52. The molecule has 0 bridgehead atoms. The van der Waals surface area contributed by atoms with Gasteiger partial charge in [-0.1, -0.05) is 42.1 Å². The van der Waals surface area contributed by atoms with Crippen LogP contribution >= 0.6 is 11.8 Å². The highest BCUT2D eigenvalue weighted by atomic mass is 32.2. The van der Waals surface area contributed by atoms with Gasteiger partial charge >= 0.3 is 0 Å². The first kappa shape index (κ1) is 18.8. The zero-order valence-corrected chi connectivity index (χ0v) is 16.4. The van der Waals surface area contributed by atoms with E-state index in [0.717, 1.165) is 16.8 Å². The molecule has 0 spiro atoms. The van der Waals surface area contributed by atoms with Crippen molar-refractivity contribution in [1.82, 2.24) is 19.7 Å². The van der Waals surface area contributed by atoms with E-state index in [2.05, 4.69) is 15.2 Å². The first-order valence-corrected chi connectivity index (χ1v) is 9.83. The first-order valence-electron chi connectivity index (χ1n) is 8.96. The largest absolute Gasteiger partial charge is 0.270 e. The molecule has 0 aliphatic rings. The maximum Gasteiger partial charge on any atom is 0.269 e. The van der Waals surface area contributed by atoms with Gasteiger partial charge in [-0.3, -0.25) is 19.7 Å². The number of aromatic nitrogens is 4. The Morgan fingerprint density at radius 1 is 1.00 bits per heavy atom. The molecule has 0 N–H and O–H groups in total. The van der Waals surface area contributed by atoms with Gasteiger partial charge in [0, 0.05) is 41.0 Å². The molecule has 8 heteroatoms. The Morgan fingerprint density at radius 2 is 1.76 bits per heavy atom. The summed E-state index contributed by atoms with van der Waals surface area (Å²) in [4.78, 5) is 14.8. The van der Waals surface area contributed by atoms with Crippen LogP contribution in [-0.4, -0.2) is 24.7 Å². The molecule has 0 amide bonds. The molecule has 4 rings (SSSR count). The van der Waals surface area contributed by atoms with E-state index in [1.54, 1.807) is 24.5 Å². The number of hydrogen-bond acceptors (Lipinski definition) is 6. The molecule has 0 aliphatic heterocycles. The highest BCUT2D eigenvalue weighted by Gasteiger charge is 2.20. The highest BCUT2D eigenvalue weighted by molar-refractivity contribution is 7.99. The summed E-state index contributed by atoms with van der Waals surface area (Å²) < 4.78 is 1.99. The molecule has 2 aromatic carbocycles. The van der Waals surface area contributed by atoms with Crippen LogP contribution < -0.4 is 0 Å². The van der Waals surface area contributed by atoms with Crippen LogP contribution in [0.4, 0.5) is 5.69 Å². The van der Waals surface area contributed by atoms with Gasteiger partial charge in [-0.15, -0.1) is 10.2 Å². The summed E-state index contributed by atoms with van der Waals surface area (Å²) in [6.07, 6.45) is 3.44. The fourth-order valence-electron chi connectivity index (χ4n) is 2.96. The van der Waals surface area contributed by atoms with Gasteiger partial charge in [-0.05, 0) is 36.8 Å². The van der Waals surface area contributed by atoms with Crippen LogP contribution in [-0.2, 0) is 0 Å². The number of nitro benzene ring substituents is 1. The number of benzene rings is 2. The van der Waals surface area contributed by atoms with E-state index in [-0.39, 0.29) is 15.9 Å². The highest BCUT2D eigenvalue weighted by Crippen LogP contribution is 2.37. The minimum absolute atomic E-state index is 0.0492. The van der Waals surface area contributed by atoms with Gasteiger partial charge < -0.3 is 0 Å². The van der Waals surface area contributed by atoms with Crippen molar-refractivity contribution in [2.45, 2.75) is 17.3 Å². The van der Waals surface area contributed by atoms with Gasteiger partial charge in [0.15, 0.2) is 11.0 Å². The third-order valence-corrected chi connectivity index (χ3v) is 5.52. The normalized spacial score (nSPS) is 11.9. The summed E-state index contributed by atoms with van der Waals surface area (Å²) in [5.41, 5.74) is 2.79. The molecule has 1 unspecified atom stereocenters. The lowest BCUT2D eigenvalue weighted by atomic mass is 10.1. The Balaban J connectivity index is 1.74.